The maximum Gasteiger partial charge on any atom is 0.418 e. The van der Waals surface area contributed by atoms with Crippen molar-refractivity contribution < 1.29 is 18.0 Å². The van der Waals surface area contributed by atoms with Crippen molar-refractivity contribution in [2.45, 2.75) is 19.6 Å². The molecule has 1 N–H and O–H groups in total. The first-order chi connectivity index (χ1) is 12.9. The molecule has 1 aliphatic rings. The molecule has 1 aliphatic heterocycles. The molecule has 1 amide bonds. The highest BCUT2D eigenvalue weighted by molar-refractivity contribution is 5.93. The number of halogens is 3. The van der Waals surface area contributed by atoms with Crippen LogP contribution in [0.4, 0.5) is 24.8 Å². The number of anilines is 2. The third-order valence-electron chi connectivity index (χ3n) is 4.56. The fraction of sp³-hybridized carbons (Fsp3) is 0.444. The molecule has 3 rings (SSSR count). The summed E-state index contributed by atoms with van der Waals surface area (Å²) >= 11 is 0. The molecule has 0 unspecified atom stereocenters. The molecule has 146 valence electrons. The number of nitrogens with zero attached hydrogens (tertiary/aromatic N) is 4. The van der Waals surface area contributed by atoms with Gasteiger partial charge < -0.3 is 14.8 Å². The number of aryl methyl sites for hydroxylation is 1. The van der Waals surface area contributed by atoms with E-state index < -0.39 is 17.6 Å². The molecule has 0 bridgehead atoms. The summed E-state index contributed by atoms with van der Waals surface area (Å²) in [6, 6.07) is 5.00. The van der Waals surface area contributed by atoms with Crippen LogP contribution < -0.4 is 10.2 Å². The van der Waals surface area contributed by atoms with Crippen LogP contribution in [0.1, 0.15) is 12.5 Å². The Labute approximate surface area is 155 Å². The van der Waals surface area contributed by atoms with Crippen LogP contribution in [0.3, 0.4) is 0 Å². The van der Waals surface area contributed by atoms with Gasteiger partial charge in [0.25, 0.3) is 0 Å². The summed E-state index contributed by atoms with van der Waals surface area (Å²) in [7, 11) is 0. The lowest BCUT2D eigenvalue weighted by atomic mass is 10.1. The number of hydrogen-bond donors (Lipinski definition) is 1. The van der Waals surface area contributed by atoms with Crippen LogP contribution in [0, 0.1) is 0 Å². The van der Waals surface area contributed by atoms with Crippen LogP contribution in [0.15, 0.2) is 36.7 Å². The van der Waals surface area contributed by atoms with Crippen LogP contribution in [0.5, 0.6) is 0 Å². The molecule has 1 fully saturated rings. The molecule has 2 heterocycles. The number of benzene rings is 1. The van der Waals surface area contributed by atoms with Crippen molar-refractivity contribution in [2.24, 2.45) is 0 Å². The predicted molar refractivity (Wildman–Crippen MR) is 96.6 cm³/mol. The van der Waals surface area contributed by atoms with E-state index in [1.54, 1.807) is 6.20 Å². The van der Waals surface area contributed by atoms with Crippen molar-refractivity contribution in [3.8, 4) is 0 Å². The quantitative estimate of drug-likeness (QED) is 0.865. The van der Waals surface area contributed by atoms with E-state index in [9.17, 15) is 18.0 Å². The topological polar surface area (TPSA) is 53.4 Å². The largest absolute Gasteiger partial charge is 0.418 e. The summed E-state index contributed by atoms with van der Waals surface area (Å²) in [5.41, 5.74) is -1.05. The van der Waals surface area contributed by atoms with E-state index >= 15 is 0 Å². The Bertz CT molecular complexity index is 781. The fourth-order valence-corrected chi connectivity index (χ4v) is 3.17. The van der Waals surface area contributed by atoms with Gasteiger partial charge in [-0.05, 0) is 19.1 Å². The van der Waals surface area contributed by atoms with Gasteiger partial charge in [-0.3, -0.25) is 9.69 Å². The average Bonchev–Trinajstić information content (AvgIpc) is 3.10. The highest BCUT2D eigenvalue weighted by Gasteiger charge is 2.33. The van der Waals surface area contributed by atoms with Gasteiger partial charge in [-0.1, -0.05) is 12.1 Å². The number of carbonyl (C=O) groups is 1. The van der Waals surface area contributed by atoms with E-state index in [0.29, 0.717) is 26.2 Å². The van der Waals surface area contributed by atoms with Crippen molar-refractivity contribution in [3.63, 3.8) is 0 Å². The zero-order chi connectivity index (χ0) is 19.4. The first-order valence-electron chi connectivity index (χ1n) is 8.83. The van der Waals surface area contributed by atoms with Crippen molar-refractivity contribution >= 4 is 17.5 Å². The van der Waals surface area contributed by atoms with E-state index in [-0.39, 0.29) is 12.2 Å². The van der Waals surface area contributed by atoms with Gasteiger partial charge in [-0.25, -0.2) is 4.98 Å². The Balaban J connectivity index is 1.55. The predicted octanol–water partition coefficient (Wildman–Crippen LogP) is 2.68. The monoisotopic (exact) mass is 381 g/mol. The van der Waals surface area contributed by atoms with E-state index in [0.717, 1.165) is 18.6 Å². The third-order valence-corrected chi connectivity index (χ3v) is 4.56. The number of nitrogens with one attached hydrogen (secondary N) is 1. The van der Waals surface area contributed by atoms with Gasteiger partial charge in [0, 0.05) is 45.1 Å². The zero-order valence-electron chi connectivity index (χ0n) is 15.0. The Hall–Kier alpha value is -2.55. The number of amides is 1. The van der Waals surface area contributed by atoms with Crippen molar-refractivity contribution in [1.29, 1.82) is 0 Å². The number of rotatable bonds is 5. The van der Waals surface area contributed by atoms with Crippen LogP contribution in [-0.2, 0) is 17.5 Å². The summed E-state index contributed by atoms with van der Waals surface area (Å²) in [6.07, 6.45) is -0.819. The summed E-state index contributed by atoms with van der Waals surface area (Å²) in [5, 5.41) is 2.39. The smallest absolute Gasteiger partial charge is 0.340 e. The summed E-state index contributed by atoms with van der Waals surface area (Å²) < 4.78 is 41.1. The SMILES string of the molecule is CCn1ccnc1N1CCN(CC(=O)Nc2ccccc2C(F)(F)F)CC1. The molecule has 0 atom stereocenters. The minimum Gasteiger partial charge on any atom is -0.340 e. The van der Waals surface area contributed by atoms with Gasteiger partial charge in [-0.2, -0.15) is 13.2 Å². The normalized spacial score (nSPS) is 15.8. The second-order valence-corrected chi connectivity index (χ2v) is 6.37. The molecule has 0 spiro atoms. The lowest BCUT2D eigenvalue weighted by Crippen LogP contribution is -2.49. The molecular weight excluding hydrogens is 359 g/mol. The lowest BCUT2D eigenvalue weighted by Gasteiger charge is -2.35. The first kappa shape index (κ1) is 19.2. The van der Waals surface area contributed by atoms with Crippen LogP contribution in [0.25, 0.3) is 0 Å². The average molecular weight is 381 g/mol. The molecule has 0 aliphatic carbocycles. The second-order valence-electron chi connectivity index (χ2n) is 6.37. The first-order valence-corrected chi connectivity index (χ1v) is 8.83. The molecule has 1 saturated heterocycles. The molecule has 27 heavy (non-hydrogen) atoms. The summed E-state index contributed by atoms with van der Waals surface area (Å²) in [6.45, 7) is 5.64. The second kappa shape index (κ2) is 7.99. The van der Waals surface area contributed by atoms with Gasteiger partial charge in [0.15, 0.2) is 0 Å². The molecule has 0 saturated carbocycles. The fourth-order valence-electron chi connectivity index (χ4n) is 3.17. The third kappa shape index (κ3) is 4.60. The number of aromatic nitrogens is 2. The maximum atomic E-state index is 13.0. The highest BCUT2D eigenvalue weighted by Crippen LogP contribution is 2.34. The van der Waals surface area contributed by atoms with E-state index in [4.69, 9.17) is 0 Å². The summed E-state index contributed by atoms with van der Waals surface area (Å²) in [4.78, 5) is 20.7. The van der Waals surface area contributed by atoms with E-state index in [1.165, 1.54) is 18.2 Å². The molecule has 9 heteroatoms. The number of piperazine rings is 1. The summed E-state index contributed by atoms with van der Waals surface area (Å²) in [5.74, 6) is 0.455. The van der Waals surface area contributed by atoms with Crippen LogP contribution in [0.2, 0.25) is 0 Å². The van der Waals surface area contributed by atoms with Gasteiger partial charge in [0.1, 0.15) is 0 Å². The minimum atomic E-state index is -4.50. The molecule has 1 aromatic heterocycles. The molecule has 0 radical (unpaired) electrons. The molecular formula is C18H22F3N5O. The number of hydrogen-bond acceptors (Lipinski definition) is 4. The van der Waals surface area contributed by atoms with E-state index in [2.05, 4.69) is 19.8 Å². The lowest BCUT2D eigenvalue weighted by molar-refractivity contribution is -0.137. The van der Waals surface area contributed by atoms with Crippen LogP contribution in [-0.4, -0.2) is 53.1 Å². The van der Waals surface area contributed by atoms with Gasteiger partial charge in [-0.15, -0.1) is 0 Å². The Kier molecular flexibility index (Phi) is 5.69. The van der Waals surface area contributed by atoms with Gasteiger partial charge >= 0.3 is 6.18 Å². The number of imidazole rings is 1. The number of alkyl halides is 3. The van der Waals surface area contributed by atoms with Crippen molar-refractivity contribution in [1.82, 2.24) is 14.5 Å². The molecule has 2 aromatic rings. The number of para-hydroxylation sites is 1. The van der Waals surface area contributed by atoms with Gasteiger partial charge in [0.2, 0.25) is 11.9 Å². The van der Waals surface area contributed by atoms with E-state index in [1.807, 2.05) is 18.0 Å². The Morgan fingerprint density at radius 1 is 1.19 bits per heavy atom. The minimum absolute atomic E-state index is 0.0578. The Morgan fingerprint density at radius 3 is 2.56 bits per heavy atom. The highest BCUT2D eigenvalue weighted by atomic mass is 19.4. The van der Waals surface area contributed by atoms with Crippen LogP contribution >= 0.6 is 0 Å². The standard InChI is InChI=1S/C18H22F3N5O/c1-2-25-8-7-22-17(25)26-11-9-24(10-12-26)13-16(27)23-15-6-4-3-5-14(15)18(19,20)21/h3-8H,2,9-13H2,1H3,(H,23,27). The number of carbonyl (C=O) groups excluding carboxylic acids is 1. The van der Waals surface area contributed by atoms with Gasteiger partial charge in [0.05, 0.1) is 17.8 Å². The molecule has 6 nitrogen and oxygen atoms in total. The zero-order valence-corrected chi connectivity index (χ0v) is 15.0. The van der Waals surface area contributed by atoms with Crippen molar-refractivity contribution in [2.75, 3.05) is 42.9 Å². The van der Waals surface area contributed by atoms with Crippen molar-refractivity contribution in [3.05, 3.63) is 42.2 Å². The Morgan fingerprint density at radius 2 is 1.89 bits per heavy atom. The maximum absolute atomic E-state index is 13.0. The molecule has 1 aromatic carbocycles.